The van der Waals surface area contributed by atoms with E-state index in [1.165, 1.54) is 0 Å². The van der Waals surface area contributed by atoms with Gasteiger partial charge in [-0.2, -0.15) is 0 Å². The van der Waals surface area contributed by atoms with Crippen molar-refractivity contribution in [1.82, 2.24) is 5.32 Å². The van der Waals surface area contributed by atoms with Crippen LogP contribution >= 0.6 is 0 Å². The molecular weight excluding hydrogens is 192 g/mol. The highest BCUT2D eigenvalue weighted by Gasteiger charge is 2.31. The van der Waals surface area contributed by atoms with Gasteiger partial charge in [-0.1, -0.05) is 6.42 Å². The van der Waals surface area contributed by atoms with Gasteiger partial charge in [0.05, 0.1) is 6.61 Å². The van der Waals surface area contributed by atoms with Crippen LogP contribution in [-0.2, 0) is 9.53 Å². The standard InChI is InChI=1S/C11H22N2O2/c1-2-15-7-6-13-11(14)10-5-3-4-9(10)8-12/h9-10H,2-8,12H2,1H3,(H,13,14). The molecule has 1 fully saturated rings. The maximum absolute atomic E-state index is 11.8. The van der Waals surface area contributed by atoms with E-state index < -0.39 is 0 Å². The van der Waals surface area contributed by atoms with Crippen LogP contribution in [-0.4, -0.2) is 32.2 Å². The zero-order valence-electron chi connectivity index (χ0n) is 9.50. The predicted octanol–water partition coefficient (Wildman–Crippen LogP) is 0.514. The number of rotatable bonds is 6. The van der Waals surface area contributed by atoms with Gasteiger partial charge in [-0.15, -0.1) is 0 Å². The minimum atomic E-state index is 0.136. The van der Waals surface area contributed by atoms with E-state index in [0.29, 0.717) is 32.2 Å². The van der Waals surface area contributed by atoms with E-state index in [0.717, 1.165) is 19.3 Å². The SMILES string of the molecule is CCOCCNC(=O)C1CCCC1CN. The first-order valence-electron chi connectivity index (χ1n) is 5.85. The number of amides is 1. The topological polar surface area (TPSA) is 64.3 Å². The van der Waals surface area contributed by atoms with Gasteiger partial charge in [0.15, 0.2) is 0 Å². The molecule has 0 bridgehead atoms. The zero-order valence-corrected chi connectivity index (χ0v) is 9.50. The minimum Gasteiger partial charge on any atom is -0.380 e. The summed E-state index contributed by atoms with van der Waals surface area (Å²) < 4.78 is 5.16. The number of nitrogens with one attached hydrogen (secondary N) is 1. The summed E-state index contributed by atoms with van der Waals surface area (Å²) in [7, 11) is 0. The molecule has 0 spiro atoms. The van der Waals surface area contributed by atoms with Gasteiger partial charge in [0.2, 0.25) is 5.91 Å². The van der Waals surface area contributed by atoms with Crippen molar-refractivity contribution in [3.63, 3.8) is 0 Å². The van der Waals surface area contributed by atoms with Crippen LogP contribution < -0.4 is 11.1 Å². The molecule has 3 N–H and O–H groups in total. The van der Waals surface area contributed by atoms with Crippen molar-refractivity contribution in [2.45, 2.75) is 26.2 Å². The summed E-state index contributed by atoms with van der Waals surface area (Å²) in [4.78, 5) is 11.8. The molecule has 4 nitrogen and oxygen atoms in total. The molecule has 88 valence electrons. The highest BCUT2D eigenvalue weighted by atomic mass is 16.5. The Morgan fingerprint density at radius 3 is 3.00 bits per heavy atom. The fourth-order valence-corrected chi connectivity index (χ4v) is 2.19. The molecule has 4 heteroatoms. The first-order chi connectivity index (χ1) is 7.29. The number of carbonyl (C=O) groups excluding carboxylic acids is 1. The van der Waals surface area contributed by atoms with Crippen LogP contribution in [0.1, 0.15) is 26.2 Å². The number of hydrogen-bond donors (Lipinski definition) is 2. The monoisotopic (exact) mass is 214 g/mol. The van der Waals surface area contributed by atoms with E-state index in [9.17, 15) is 4.79 Å². The molecule has 1 saturated carbocycles. The first kappa shape index (κ1) is 12.5. The van der Waals surface area contributed by atoms with Crippen LogP contribution in [0.5, 0.6) is 0 Å². The molecule has 0 aromatic heterocycles. The Bertz CT molecular complexity index is 197. The Morgan fingerprint density at radius 1 is 1.53 bits per heavy atom. The fraction of sp³-hybridized carbons (Fsp3) is 0.909. The molecule has 0 radical (unpaired) electrons. The number of hydrogen-bond acceptors (Lipinski definition) is 3. The van der Waals surface area contributed by atoms with Crippen molar-refractivity contribution in [3.05, 3.63) is 0 Å². The third-order valence-corrected chi connectivity index (χ3v) is 3.05. The normalized spacial score (nSPS) is 25.5. The van der Waals surface area contributed by atoms with Crippen molar-refractivity contribution in [2.24, 2.45) is 17.6 Å². The minimum absolute atomic E-state index is 0.136. The van der Waals surface area contributed by atoms with E-state index >= 15 is 0 Å². The van der Waals surface area contributed by atoms with Crippen molar-refractivity contribution in [1.29, 1.82) is 0 Å². The Kier molecular flexibility index (Phi) is 5.65. The Balaban J connectivity index is 2.21. The van der Waals surface area contributed by atoms with E-state index in [1.54, 1.807) is 0 Å². The quantitative estimate of drug-likeness (QED) is 0.633. The summed E-state index contributed by atoms with van der Waals surface area (Å²) in [6.45, 7) is 4.49. The molecule has 1 aliphatic rings. The van der Waals surface area contributed by atoms with E-state index in [4.69, 9.17) is 10.5 Å². The molecule has 1 amide bonds. The lowest BCUT2D eigenvalue weighted by molar-refractivity contribution is -0.126. The Hall–Kier alpha value is -0.610. The van der Waals surface area contributed by atoms with E-state index in [-0.39, 0.29) is 11.8 Å². The molecule has 0 heterocycles. The van der Waals surface area contributed by atoms with Gasteiger partial charge in [0.25, 0.3) is 0 Å². The first-order valence-corrected chi connectivity index (χ1v) is 5.85. The number of carbonyl (C=O) groups is 1. The second-order valence-electron chi connectivity index (χ2n) is 4.02. The second-order valence-corrected chi connectivity index (χ2v) is 4.02. The smallest absolute Gasteiger partial charge is 0.223 e. The molecule has 0 saturated heterocycles. The number of ether oxygens (including phenoxy) is 1. The molecule has 1 rings (SSSR count). The Labute approximate surface area is 91.5 Å². The number of nitrogens with two attached hydrogens (primary N) is 1. The molecule has 0 aliphatic heterocycles. The van der Waals surface area contributed by atoms with Crippen LogP contribution in [0.4, 0.5) is 0 Å². The second kappa shape index (κ2) is 6.80. The van der Waals surface area contributed by atoms with Gasteiger partial charge in [-0.05, 0) is 32.2 Å². The van der Waals surface area contributed by atoms with Crippen molar-refractivity contribution in [2.75, 3.05) is 26.3 Å². The van der Waals surface area contributed by atoms with Gasteiger partial charge in [-0.25, -0.2) is 0 Å². The molecule has 2 atom stereocenters. The van der Waals surface area contributed by atoms with Crippen LogP contribution in [0, 0.1) is 11.8 Å². The summed E-state index contributed by atoms with van der Waals surface area (Å²) in [6, 6.07) is 0. The van der Waals surface area contributed by atoms with Gasteiger partial charge in [-0.3, -0.25) is 4.79 Å². The predicted molar refractivity (Wildman–Crippen MR) is 59.4 cm³/mol. The summed E-state index contributed by atoms with van der Waals surface area (Å²) in [5.41, 5.74) is 5.63. The largest absolute Gasteiger partial charge is 0.380 e. The molecule has 0 aromatic rings. The average Bonchev–Trinajstić information content (AvgIpc) is 2.72. The zero-order chi connectivity index (χ0) is 11.1. The van der Waals surface area contributed by atoms with Gasteiger partial charge < -0.3 is 15.8 Å². The lowest BCUT2D eigenvalue weighted by atomic mass is 9.95. The maximum Gasteiger partial charge on any atom is 0.223 e. The third kappa shape index (κ3) is 3.80. The van der Waals surface area contributed by atoms with Gasteiger partial charge >= 0.3 is 0 Å². The van der Waals surface area contributed by atoms with Gasteiger partial charge in [0, 0.05) is 19.1 Å². The summed E-state index contributed by atoms with van der Waals surface area (Å²) in [5, 5.41) is 2.90. The van der Waals surface area contributed by atoms with Crippen molar-refractivity contribution < 1.29 is 9.53 Å². The summed E-state index contributed by atoms with van der Waals surface area (Å²) in [6.07, 6.45) is 3.22. The van der Waals surface area contributed by atoms with Crippen LogP contribution in [0.2, 0.25) is 0 Å². The lowest BCUT2D eigenvalue weighted by Crippen LogP contribution is -2.36. The van der Waals surface area contributed by atoms with E-state index in [1.807, 2.05) is 6.92 Å². The molecule has 2 unspecified atom stereocenters. The van der Waals surface area contributed by atoms with Crippen LogP contribution in [0.25, 0.3) is 0 Å². The third-order valence-electron chi connectivity index (χ3n) is 3.05. The molecular formula is C11H22N2O2. The van der Waals surface area contributed by atoms with E-state index in [2.05, 4.69) is 5.32 Å². The van der Waals surface area contributed by atoms with Crippen molar-refractivity contribution >= 4 is 5.91 Å². The highest BCUT2D eigenvalue weighted by molar-refractivity contribution is 5.79. The lowest BCUT2D eigenvalue weighted by Gasteiger charge is -2.17. The van der Waals surface area contributed by atoms with Crippen LogP contribution in [0.15, 0.2) is 0 Å². The Morgan fingerprint density at radius 2 is 2.33 bits per heavy atom. The molecule has 15 heavy (non-hydrogen) atoms. The average molecular weight is 214 g/mol. The molecule has 0 aromatic carbocycles. The van der Waals surface area contributed by atoms with Crippen molar-refractivity contribution in [3.8, 4) is 0 Å². The summed E-state index contributed by atoms with van der Waals surface area (Å²) in [5.74, 6) is 0.677. The maximum atomic E-state index is 11.8. The summed E-state index contributed by atoms with van der Waals surface area (Å²) >= 11 is 0. The fourth-order valence-electron chi connectivity index (χ4n) is 2.19. The van der Waals surface area contributed by atoms with Gasteiger partial charge in [0.1, 0.15) is 0 Å². The highest BCUT2D eigenvalue weighted by Crippen LogP contribution is 2.30. The molecule has 1 aliphatic carbocycles. The van der Waals surface area contributed by atoms with Crippen LogP contribution in [0.3, 0.4) is 0 Å².